The maximum absolute atomic E-state index is 12.3. The number of ketones is 1. The Morgan fingerprint density at radius 3 is 2.00 bits per heavy atom. The number of rotatable bonds is 10. The monoisotopic (exact) mass is 253 g/mol. The molecule has 3 heteroatoms. The molecule has 0 aliphatic carbocycles. The number of hydrogen-bond acceptors (Lipinski definition) is 2. The first-order valence-electron chi connectivity index (χ1n) is 6.98. The number of hydrogen-bond donors (Lipinski definition) is 0. The Kier molecular flexibility index (Phi) is 9.25. The zero-order valence-corrected chi connectivity index (χ0v) is 12.1. The lowest BCUT2D eigenvalue weighted by atomic mass is 9.99. The molecule has 0 radical (unpaired) electrons. The lowest BCUT2D eigenvalue weighted by molar-refractivity contribution is -0.140. The van der Waals surface area contributed by atoms with E-state index >= 15 is 0 Å². The van der Waals surface area contributed by atoms with Crippen LogP contribution in [-0.4, -0.2) is 29.7 Å². The zero-order chi connectivity index (χ0) is 14.0. The normalized spacial score (nSPS) is 11.9. The van der Waals surface area contributed by atoms with E-state index in [9.17, 15) is 9.59 Å². The van der Waals surface area contributed by atoms with Gasteiger partial charge in [-0.15, -0.1) is 6.58 Å². The van der Waals surface area contributed by atoms with Gasteiger partial charge in [-0.2, -0.15) is 0 Å². The molecule has 0 bridgehead atoms. The van der Waals surface area contributed by atoms with Crippen LogP contribution in [0.2, 0.25) is 0 Å². The molecule has 0 heterocycles. The maximum atomic E-state index is 12.3. The lowest BCUT2D eigenvalue weighted by Gasteiger charge is -2.26. The number of amides is 1. The molecule has 0 N–H and O–H groups in total. The third-order valence-electron chi connectivity index (χ3n) is 3.07. The molecule has 3 nitrogen and oxygen atoms in total. The van der Waals surface area contributed by atoms with E-state index in [4.69, 9.17) is 0 Å². The molecule has 0 aliphatic heterocycles. The van der Waals surface area contributed by atoms with Gasteiger partial charge in [0.25, 0.3) is 0 Å². The number of carbonyl (C=O) groups excluding carboxylic acids is 2. The van der Waals surface area contributed by atoms with Gasteiger partial charge in [0.2, 0.25) is 5.91 Å². The Morgan fingerprint density at radius 2 is 1.67 bits per heavy atom. The van der Waals surface area contributed by atoms with Crippen molar-refractivity contribution < 1.29 is 9.59 Å². The molecule has 0 aromatic rings. The van der Waals surface area contributed by atoms with E-state index in [0.717, 1.165) is 38.8 Å². The van der Waals surface area contributed by atoms with Gasteiger partial charge in [0.1, 0.15) is 5.78 Å². The van der Waals surface area contributed by atoms with Crippen LogP contribution in [-0.2, 0) is 9.59 Å². The highest BCUT2D eigenvalue weighted by Gasteiger charge is 2.26. The van der Waals surface area contributed by atoms with Crippen LogP contribution in [0.15, 0.2) is 12.7 Å². The molecule has 0 spiro atoms. The van der Waals surface area contributed by atoms with Gasteiger partial charge in [-0.3, -0.25) is 9.59 Å². The third kappa shape index (κ3) is 5.99. The van der Waals surface area contributed by atoms with E-state index in [1.807, 2.05) is 4.90 Å². The van der Waals surface area contributed by atoms with Crippen molar-refractivity contribution in [3.63, 3.8) is 0 Å². The molecular formula is C15H27NO2. The van der Waals surface area contributed by atoms with E-state index in [2.05, 4.69) is 20.4 Å². The minimum atomic E-state index is -0.531. The minimum Gasteiger partial charge on any atom is -0.342 e. The second-order valence-corrected chi connectivity index (χ2v) is 4.72. The minimum absolute atomic E-state index is 0.0238. The third-order valence-corrected chi connectivity index (χ3v) is 3.07. The fourth-order valence-corrected chi connectivity index (χ4v) is 1.86. The molecule has 0 saturated heterocycles. The van der Waals surface area contributed by atoms with Crippen LogP contribution in [0.3, 0.4) is 0 Å². The topological polar surface area (TPSA) is 37.4 Å². The summed E-state index contributed by atoms with van der Waals surface area (Å²) >= 11 is 0. The Morgan fingerprint density at radius 1 is 1.17 bits per heavy atom. The largest absolute Gasteiger partial charge is 0.342 e. The van der Waals surface area contributed by atoms with Gasteiger partial charge in [0.05, 0.1) is 5.92 Å². The van der Waals surface area contributed by atoms with Crippen molar-refractivity contribution in [2.45, 2.75) is 52.9 Å². The fourth-order valence-electron chi connectivity index (χ4n) is 1.86. The Labute approximate surface area is 111 Å². The van der Waals surface area contributed by atoms with Crippen LogP contribution in [0.1, 0.15) is 52.9 Å². The van der Waals surface area contributed by atoms with E-state index in [1.54, 1.807) is 6.08 Å². The van der Waals surface area contributed by atoms with E-state index < -0.39 is 5.92 Å². The summed E-state index contributed by atoms with van der Waals surface area (Å²) < 4.78 is 0. The summed E-state index contributed by atoms with van der Waals surface area (Å²) in [5, 5.41) is 0. The number of nitrogens with zero attached hydrogens (tertiary/aromatic N) is 1. The summed E-state index contributed by atoms with van der Waals surface area (Å²) in [5.41, 5.74) is 0. The van der Waals surface area contributed by atoms with Crippen molar-refractivity contribution in [3.8, 4) is 0 Å². The summed E-state index contributed by atoms with van der Waals surface area (Å²) in [6.45, 7) is 10.8. The Hall–Kier alpha value is -1.12. The van der Waals surface area contributed by atoms with Crippen molar-refractivity contribution >= 4 is 11.7 Å². The molecule has 0 aliphatic rings. The van der Waals surface area contributed by atoms with Crippen LogP contribution in [0.5, 0.6) is 0 Å². The highest BCUT2D eigenvalue weighted by Crippen LogP contribution is 2.12. The summed E-state index contributed by atoms with van der Waals surface area (Å²) in [7, 11) is 0. The van der Waals surface area contributed by atoms with Crippen LogP contribution in [0.25, 0.3) is 0 Å². The zero-order valence-electron chi connectivity index (χ0n) is 12.1. The van der Waals surface area contributed by atoms with Crippen LogP contribution >= 0.6 is 0 Å². The van der Waals surface area contributed by atoms with E-state index in [1.165, 1.54) is 6.92 Å². The van der Waals surface area contributed by atoms with Gasteiger partial charge in [-0.25, -0.2) is 0 Å². The van der Waals surface area contributed by atoms with E-state index in [-0.39, 0.29) is 11.7 Å². The highest BCUT2D eigenvalue weighted by atomic mass is 16.2. The molecule has 18 heavy (non-hydrogen) atoms. The number of allylic oxidation sites excluding steroid dienone is 1. The summed E-state index contributed by atoms with van der Waals surface area (Å²) in [6, 6.07) is 0. The van der Waals surface area contributed by atoms with Crippen molar-refractivity contribution in [1.29, 1.82) is 0 Å². The van der Waals surface area contributed by atoms with Gasteiger partial charge in [0.15, 0.2) is 0 Å². The molecule has 0 rings (SSSR count). The second kappa shape index (κ2) is 9.86. The number of carbonyl (C=O) groups is 2. The first-order valence-corrected chi connectivity index (χ1v) is 6.98. The number of unbranched alkanes of at least 4 members (excludes halogenated alkanes) is 2. The van der Waals surface area contributed by atoms with Crippen molar-refractivity contribution in [2.24, 2.45) is 5.92 Å². The van der Waals surface area contributed by atoms with Crippen LogP contribution in [0.4, 0.5) is 0 Å². The maximum Gasteiger partial charge on any atom is 0.233 e. The summed E-state index contributed by atoms with van der Waals surface area (Å²) in [6.07, 6.45) is 6.21. The number of Topliss-reactive ketones (excluding diaryl/α,β-unsaturated/α-hetero) is 1. The summed E-state index contributed by atoms with van der Waals surface area (Å²) in [4.78, 5) is 25.7. The average Bonchev–Trinajstić information content (AvgIpc) is 2.35. The lowest BCUT2D eigenvalue weighted by Crippen LogP contribution is -2.40. The molecule has 1 unspecified atom stereocenters. The molecule has 104 valence electrons. The van der Waals surface area contributed by atoms with Gasteiger partial charge in [-0.1, -0.05) is 32.8 Å². The Balaban J connectivity index is 4.65. The van der Waals surface area contributed by atoms with Gasteiger partial charge >= 0.3 is 0 Å². The smallest absolute Gasteiger partial charge is 0.233 e. The Bertz CT molecular complexity index is 266. The average molecular weight is 253 g/mol. The fraction of sp³-hybridized carbons (Fsp3) is 0.733. The predicted molar refractivity (Wildman–Crippen MR) is 75.4 cm³/mol. The van der Waals surface area contributed by atoms with Crippen molar-refractivity contribution in [1.82, 2.24) is 4.90 Å². The first kappa shape index (κ1) is 16.9. The van der Waals surface area contributed by atoms with Crippen LogP contribution in [0, 0.1) is 5.92 Å². The van der Waals surface area contributed by atoms with E-state index in [0.29, 0.717) is 6.42 Å². The van der Waals surface area contributed by atoms with Crippen molar-refractivity contribution in [2.75, 3.05) is 13.1 Å². The molecule has 1 atom stereocenters. The quantitative estimate of drug-likeness (QED) is 0.443. The molecular weight excluding hydrogens is 226 g/mol. The molecule has 0 aromatic heterocycles. The van der Waals surface area contributed by atoms with Gasteiger partial charge in [0, 0.05) is 13.1 Å². The molecule has 0 fully saturated rings. The van der Waals surface area contributed by atoms with Crippen LogP contribution < -0.4 is 0 Å². The molecule has 0 aromatic carbocycles. The van der Waals surface area contributed by atoms with Gasteiger partial charge < -0.3 is 4.90 Å². The second-order valence-electron chi connectivity index (χ2n) is 4.72. The SMILES string of the molecule is C=CCC(C(C)=O)C(=O)N(CCCC)CCCC. The standard InChI is InChI=1S/C15H27NO2/c1-5-8-11-16(12-9-6-2)15(18)14(10-7-3)13(4)17/h7,14H,3,5-6,8-12H2,1-2,4H3. The van der Waals surface area contributed by atoms with Gasteiger partial charge in [-0.05, 0) is 26.2 Å². The molecule has 1 amide bonds. The highest BCUT2D eigenvalue weighted by molar-refractivity contribution is 6.00. The summed E-state index contributed by atoms with van der Waals surface area (Å²) in [5.74, 6) is -0.613. The molecule has 0 saturated carbocycles. The van der Waals surface area contributed by atoms with Crippen molar-refractivity contribution in [3.05, 3.63) is 12.7 Å². The predicted octanol–water partition coefficient (Wildman–Crippen LogP) is 3.20. The first-order chi connectivity index (χ1) is 8.58.